The van der Waals surface area contributed by atoms with Crippen molar-refractivity contribution in [3.8, 4) is 17.0 Å². The van der Waals surface area contributed by atoms with Gasteiger partial charge in [0.2, 0.25) is 5.91 Å². The molecule has 140 valence electrons. The van der Waals surface area contributed by atoms with Gasteiger partial charge in [0.05, 0.1) is 13.3 Å². The van der Waals surface area contributed by atoms with Crippen molar-refractivity contribution in [1.82, 2.24) is 20.1 Å². The number of ether oxygens (including phenoxy) is 1. The molecule has 1 aliphatic heterocycles. The van der Waals surface area contributed by atoms with E-state index in [0.717, 1.165) is 26.1 Å². The number of carbonyl (C=O) groups excluding carboxylic acids is 1. The molecule has 26 heavy (non-hydrogen) atoms. The maximum Gasteiger partial charge on any atom is 0.225 e. The lowest BCUT2D eigenvalue weighted by molar-refractivity contribution is -0.116. The van der Waals surface area contributed by atoms with Gasteiger partial charge in [-0.1, -0.05) is 6.42 Å². The highest BCUT2D eigenvalue weighted by atomic mass is 19.1. The number of pyridine rings is 1. The molecule has 3 rings (SSSR count). The molecule has 0 aliphatic carbocycles. The number of carbonyl (C=O) groups is 1. The molecule has 0 unspecified atom stereocenters. The number of amides is 1. The van der Waals surface area contributed by atoms with Crippen molar-refractivity contribution >= 4 is 11.7 Å². The molecule has 7 nitrogen and oxygen atoms in total. The van der Waals surface area contributed by atoms with E-state index in [0.29, 0.717) is 17.7 Å². The fourth-order valence-electron chi connectivity index (χ4n) is 3.11. The highest BCUT2D eigenvalue weighted by Gasteiger charge is 2.18. The number of nitrogens with zero attached hydrogens (tertiary/aromatic N) is 3. The molecule has 1 amide bonds. The summed E-state index contributed by atoms with van der Waals surface area (Å²) in [7, 11) is 1.51. The Hall–Kier alpha value is -2.48. The normalized spacial score (nSPS) is 15.0. The fraction of sp³-hybridized carbons (Fsp3) is 0.500. The summed E-state index contributed by atoms with van der Waals surface area (Å²) in [6.07, 6.45) is 7.88. The molecular weight excluding hydrogens is 337 g/mol. The van der Waals surface area contributed by atoms with Crippen molar-refractivity contribution in [1.29, 1.82) is 0 Å². The second-order valence-corrected chi connectivity index (χ2v) is 6.43. The number of aromatic nitrogens is 3. The molecule has 2 aromatic heterocycles. The van der Waals surface area contributed by atoms with Crippen LogP contribution in [0.25, 0.3) is 11.3 Å². The largest absolute Gasteiger partial charge is 0.495 e. The van der Waals surface area contributed by atoms with Gasteiger partial charge in [-0.25, -0.2) is 4.39 Å². The minimum Gasteiger partial charge on any atom is -0.495 e. The predicted octanol–water partition coefficient (Wildman–Crippen LogP) is 2.82. The number of rotatable bonds is 7. The number of likely N-dealkylation sites (tertiary alicyclic amines) is 1. The van der Waals surface area contributed by atoms with Crippen molar-refractivity contribution in [3.05, 3.63) is 24.3 Å². The van der Waals surface area contributed by atoms with Gasteiger partial charge in [0.15, 0.2) is 11.6 Å². The third kappa shape index (κ3) is 4.57. The molecule has 1 fully saturated rings. The number of H-pyrrole nitrogens is 1. The fourth-order valence-corrected chi connectivity index (χ4v) is 3.11. The van der Waals surface area contributed by atoms with Gasteiger partial charge in [-0.15, -0.1) is 0 Å². The first kappa shape index (κ1) is 18.3. The van der Waals surface area contributed by atoms with E-state index >= 15 is 0 Å². The summed E-state index contributed by atoms with van der Waals surface area (Å²) in [6.45, 7) is 3.11. The Kier molecular flexibility index (Phi) is 6.17. The molecule has 0 radical (unpaired) electrons. The number of halogens is 1. The Labute approximate surface area is 151 Å². The molecular formula is C18H24FN5O2. The molecule has 3 heterocycles. The van der Waals surface area contributed by atoms with E-state index in [1.54, 1.807) is 6.07 Å². The van der Waals surface area contributed by atoms with Gasteiger partial charge in [-0.2, -0.15) is 5.10 Å². The monoisotopic (exact) mass is 361 g/mol. The van der Waals surface area contributed by atoms with E-state index in [4.69, 9.17) is 4.74 Å². The lowest BCUT2D eigenvalue weighted by Crippen LogP contribution is -2.31. The molecule has 0 bridgehead atoms. The molecule has 1 aliphatic rings. The first-order valence-corrected chi connectivity index (χ1v) is 8.93. The smallest absolute Gasteiger partial charge is 0.225 e. The zero-order valence-electron chi connectivity index (χ0n) is 14.9. The van der Waals surface area contributed by atoms with Crippen LogP contribution in [0.15, 0.2) is 18.5 Å². The van der Waals surface area contributed by atoms with Gasteiger partial charge in [0.25, 0.3) is 0 Å². The minimum absolute atomic E-state index is 0.0919. The molecule has 0 aromatic carbocycles. The lowest BCUT2D eigenvalue weighted by Gasteiger charge is -2.26. The highest BCUT2D eigenvalue weighted by Crippen LogP contribution is 2.26. The summed E-state index contributed by atoms with van der Waals surface area (Å²) in [6, 6.07) is 1.65. The lowest BCUT2D eigenvalue weighted by atomic mass is 10.1. The average molecular weight is 361 g/mol. The number of nitrogens with one attached hydrogen (secondary N) is 2. The Morgan fingerprint density at radius 2 is 2.15 bits per heavy atom. The van der Waals surface area contributed by atoms with Crippen LogP contribution in [0.5, 0.6) is 5.75 Å². The van der Waals surface area contributed by atoms with E-state index in [1.807, 2.05) is 0 Å². The van der Waals surface area contributed by atoms with E-state index in [2.05, 4.69) is 25.4 Å². The van der Waals surface area contributed by atoms with E-state index in [1.165, 1.54) is 38.8 Å². The molecule has 8 heteroatoms. The van der Waals surface area contributed by atoms with E-state index in [-0.39, 0.29) is 17.4 Å². The Balaban J connectivity index is 1.54. The summed E-state index contributed by atoms with van der Waals surface area (Å²) in [5, 5.41) is 9.03. The molecule has 2 N–H and O–H groups in total. The van der Waals surface area contributed by atoms with Crippen LogP contribution < -0.4 is 10.1 Å². The predicted molar refractivity (Wildman–Crippen MR) is 96.5 cm³/mol. The number of hydrogen-bond acceptors (Lipinski definition) is 5. The maximum atomic E-state index is 14.5. The second-order valence-electron chi connectivity index (χ2n) is 6.43. The number of piperidine rings is 1. The molecule has 0 atom stereocenters. The van der Waals surface area contributed by atoms with E-state index < -0.39 is 5.82 Å². The van der Waals surface area contributed by atoms with Crippen LogP contribution in [-0.4, -0.2) is 52.7 Å². The maximum absolute atomic E-state index is 14.5. The van der Waals surface area contributed by atoms with Crippen LogP contribution in [-0.2, 0) is 4.79 Å². The standard InChI is InChI=1S/C18H24FN5O2/c1-26-14-10-13(11-20-12-14)17-16(19)18(23-22-17)21-15(25)6-5-9-24-7-3-2-4-8-24/h10-12H,2-9H2,1H3,(H2,21,22,23,25). The van der Waals surface area contributed by atoms with Gasteiger partial charge in [-0.05, 0) is 45.0 Å². The minimum atomic E-state index is -0.607. The third-order valence-electron chi connectivity index (χ3n) is 4.53. The molecule has 2 aromatic rings. The Morgan fingerprint density at radius 3 is 2.92 bits per heavy atom. The highest BCUT2D eigenvalue weighted by molar-refractivity contribution is 5.90. The summed E-state index contributed by atoms with van der Waals surface area (Å²) in [5.41, 5.74) is 0.667. The van der Waals surface area contributed by atoms with Crippen LogP contribution >= 0.6 is 0 Å². The molecule has 0 saturated carbocycles. The second kappa shape index (κ2) is 8.75. The van der Waals surface area contributed by atoms with Crippen molar-refractivity contribution in [2.45, 2.75) is 32.1 Å². The summed E-state index contributed by atoms with van der Waals surface area (Å²) < 4.78 is 19.6. The third-order valence-corrected chi connectivity index (χ3v) is 4.53. The molecule has 1 saturated heterocycles. The molecule has 0 spiro atoms. The Morgan fingerprint density at radius 1 is 1.35 bits per heavy atom. The zero-order chi connectivity index (χ0) is 18.4. The SMILES string of the molecule is COc1cncc(-c2[nH]nc(NC(=O)CCCN3CCCCC3)c2F)c1. The summed E-state index contributed by atoms with van der Waals surface area (Å²) >= 11 is 0. The van der Waals surface area contributed by atoms with Gasteiger partial charge in [-0.3, -0.25) is 14.9 Å². The first-order valence-electron chi connectivity index (χ1n) is 8.93. The number of hydrogen-bond donors (Lipinski definition) is 2. The van der Waals surface area contributed by atoms with Gasteiger partial charge >= 0.3 is 0 Å². The van der Waals surface area contributed by atoms with Crippen molar-refractivity contribution in [3.63, 3.8) is 0 Å². The van der Waals surface area contributed by atoms with Crippen molar-refractivity contribution in [2.24, 2.45) is 0 Å². The summed E-state index contributed by atoms with van der Waals surface area (Å²) in [4.78, 5) is 18.4. The van der Waals surface area contributed by atoms with Crippen molar-refractivity contribution < 1.29 is 13.9 Å². The zero-order valence-corrected chi connectivity index (χ0v) is 14.9. The van der Waals surface area contributed by atoms with Crippen LogP contribution in [0.1, 0.15) is 32.1 Å². The van der Waals surface area contributed by atoms with Gasteiger partial charge < -0.3 is 15.0 Å². The topological polar surface area (TPSA) is 83.1 Å². The van der Waals surface area contributed by atoms with Gasteiger partial charge in [0.1, 0.15) is 11.4 Å². The van der Waals surface area contributed by atoms with Crippen LogP contribution in [0.2, 0.25) is 0 Å². The van der Waals surface area contributed by atoms with E-state index in [9.17, 15) is 9.18 Å². The van der Waals surface area contributed by atoms with Crippen molar-refractivity contribution in [2.75, 3.05) is 32.1 Å². The van der Waals surface area contributed by atoms with Crippen LogP contribution in [0, 0.1) is 5.82 Å². The van der Waals surface area contributed by atoms with Gasteiger partial charge in [0, 0.05) is 18.2 Å². The Bertz CT molecular complexity index is 743. The average Bonchev–Trinajstić information content (AvgIpc) is 3.03. The van der Waals surface area contributed by atoms with Crippen LogP contribution in [0.4, 0.5) is 10.2 Å². The quantitative estimate of drug-likeness (QED) is 0.792. The summed E-state index contributed by atoms with van der Waals surface area (Å²) in [5.74, 6) is -0.419. The number of anilines is 1. The number of aromatic amines is 1. The first-order chi connectivity index (χ1) is 12.7. The number of methoxy groups -OCH3 is 1. The van der Waals surface area contributed by atoms with Crippen LogP contribution in [0.3, 0.4) is 0 Å².